The molecule has 0 aliphatic heterocycles. The minimum absolute atomic E-state index is 0.0972. The molecule has 0 amide bonds. The third-order valence-corrected chi connectivity index (χ3v) is 9.48. The molecule has 12 nitrogen and oxygen atoms in total. The number of carbonyl (C=O) groups excluding carboxylic acids is 3. The lowest BCUT2D eigenvalue weighted by Crippen LogP contribution is -2.34. The van der Waals surface area contributed by atoms with E-state index in [1.54, 1.807) is 12.2 Å². The number of allylic oxidation sites excluding steroid dienone is 8. The Morgan fingerprint density at radius 1 is 0.618 bits per heavy atom. The van der Waals surface area contributed by atoms with Crippen LogP contribution in [0.3, 0.4) is 0 Å². The van der Waals surface area contributed by atoms with E-state index in [0.29, 0.717) is 19.3 Å². The fourth-order valence-electron chi connectivity index (χ4n) is 5.19. The number of carboxylic acids is 1. The summed E-state index contributed by atoms with van der Waals surface area (Å²) in [7, 11) is -4.75. The van der Waals surface area contributed by atoms with Gasteiger partial charge in [-0.15, -0.1) is 0 Å². The lowest BCUT2D eigenvalue weighted by atomic mass is 10.1. The van der Waals surface area contributed by atoms with Gasteiger partial charge in [0, 0.05) is 19.3 Å². The van der Waals surface area contributed by atoms with Crippen LogP contribution in [0.5, 0.6) is 0 Å². The van der Waals surface area contributed by atoms with Gasteiger partial charge in [-0.2, -0.15) is 0 Å². The van der Waals surface area contributed by atoms with Crippen LogP contribution in [0.25, 0.3) is 0 Å². The summed E-state index contributed by atoms with van der Waals surface area (Å²) in [5.41, 5.74) is 5.31. The molecule has 0 radical (unpaired) electrons. The second kappa shape index (κ2) is 36.7. The van der Waals surface area contributed by atoms with Crippen molar-refractivity contribution in [2.75, 3.05) is 19.8 Å². The molecule has 0 aliphatic carbocycles. The van der Waals surface area contributed by atoms with Crippen molar-refractivity contribution in [2.24, 2.45) is 5.73 Å². The second-order valence-electron chi connectivity index (χ2n) is 13.8. The summed E-state index contributed by atoms with van der Waals surface area (Å²) in [6.07, 6.45) is 35.7. The molecule has 0 aromatic carbocycles. The van der Waals surface area contributed by atoms with E-state index in [0.717, 1.165) is 83.5 Å². The zero-order valence-electron chi connectivity index (χ0n) is 33.8. The predicted octanol–water partition coefficient (Wildman–Crippen LogP) is 9.79. The summed E-state index contributed by atoms with van der Waals surface area (Å²) in [4.78, 5) is 57.9. The Bertz CT molecular complexity index is 1180. The monoisotopic (exact) mass is 797 g/mol. The average Bonchev–Trinajstić information content (AvgIpc) is 3.15. The van der Waals surface area contributed by atoms with Crippen LogP contribution in [0, 0.1) is 0 Å². The molecular formula is C42H72NO11P. The number of hydrogen-bond acceptors (Lipinski definition) is 10. The number of carbonyl (C=O) groups is 4. The first-order valence-corrected chi connectivity index (χ1v) is 22.1. The molecule has 1 unspecified atom stereocenters. The van der Waals surface area contributed by atoms with Gasteiger partial charge < -0.3 is 25.2 Å². The molecule has 0 aliphatic rings. The number of unbranched alkanes of at least 4 members (excludes halogenated alkanes) is 15. The maximum atomic E-state index is 12.6. The van der Waals surface area contributed by atoms with Crippen LogP contribution in [-0.2, 0) is 42.3 Å². The van der Waals surface area contributed by atoms with Crippen LogP contribution in [0.2, 0.25) is 0 Å². The van der Waals surface area contributed by atoms with E-state index in [2.05, 4.69) is 48.8 Å². The van der Waals surface area contributed by atoms with Crippen molar-refractivity contribution in [3.63, 3.8) is 0 Å². The molecule has 0 saturated heterocycles. The minimum atomic E-state index is -4.75. The molecule has 0 aromatic rings. The first-order valence-electron chi connectivity index (χ1n) is 20.6. The van der Waals surface area contributed by atoms with E-state index < -0.39 is 57.7 Å². The number of hydrogen-bond donors (Lipinski definition) is 3. The summed E-state index contributed by atoms with van der Waals surface area (Å²) >= 11 is 0. The van der Waals surface area contributed by atoms with E-state index in [1.165, 1.54) is 32.1 Å². The Hall–Kier alpha value is -2.89. The lowest BCUT2D eigenvalue weighted by Gasteiger charge is -2.20. The summed E-state index contributed by atoms with van der Waals surface area (Å²) in [6, 6.07) is -1.54. The SMILES string of the molecule is CCCCC/C=C\C=C\C(=O)CCCCCCCC(=O)OC[C@H](COP(=O)(O)OC[C@H](N)C(=O)O)OC(=O)CCCCCCC/C=C\C/C=C\CCCCC. The van der Waals surface area contributed by atoms with Crippen LogP contribution in [0.15, 0.2) is 48.6 Å². The van der Waals surface area contributed by atoms with E-state index in [1.807, 2.05) is 6.08 Å². The fourth-order valence-corrected chi connectivity index (χ4v) is 5.97. The molecule has 3 atom stereocenters. The number of phosphoric acid groups is 1. The summed E-state index contributed by atoms with van der Waals surface area (Å²) in [6.45, 7) is 2.57. The van der Waals surface area contributed by atoms with Gasteiger partial charge in [-0.1, -0.05) is 121 Å². The lowest BCUT2D eigenvalue weighted by molar-refractivity contribution is -0.161. The zero-order chi connectivity index (χ0) is 40.8. The van der Waals surface area contributed by atoms with Crippen LogP contribution >= 0.6 is 7.82 Å². The molecule has 316 valence electrons. The number of phosphoric ester groups is 1. The molecule has 4 N–H and O–H groups in total. The Morgan fingerprint density at radius 2 is 1.13 bits per heavy atom. The highest BCUT2D eigenvalue weighted by atomic mass is 31.2. The molecule has 55 heavy (non-hydrogen) atoms. The van der Waals surface area contributed by atoms with Gasteiger partial charge in [0.1, 0.15) is 12.6 Å². The van der Waals surface area contributed by atoms with Crippen molar-refractivity contribution in [3.8, 4) is 0 Å². The molecule has 0 saturated carbocycles. The molecule has 0 bridgehead atoms. The number of carboxylic acid groups (broad SMARTS) is 1. The van der Waals surface area contributed by atoms with E-state index in [-0.39, 0.29) is 18.6 Å². The predicted molar refractivity (Wildman–Crippen MR) is 217 cm³/mol. The number of ether oxygens (including phenoxy) is 2. The molecule has 0 aromatic heterocycles. The van der Waals surface area contributed by atoms with Crippen LogP contribution in [-0.4, -0.2) is 65.7 Å². The summed E-state index contributed by atoms with van der Waals surface area (Å²) < 4.78 is 32.5. The van der Waals surface area contributed by atoms with E-state index in [9.17, 15) is 28.6 Å². The smallest absolute Gasteiger partial charge is 0.472 e. The largest absolute Gasteiger partial charge is 0.480 e. The topological polar surface area (TPSA) is 189 Å². The van der Waals surface area contributed by atoms with Crippen molar-refractivity contribution in [3.05, 3.63) is 48.6 Å². The molecular weight excluding hydrogens is 725 g/mol. The van der Waals surface area contributed by atoms with Crippen molar-refractivity contribution >= 4 is 31.5 Å². The maximum absolute atomic E-state index is 12.6. The molecule has 0 rings (SSSR count). The maximum Gasteiger partial charge on any atom is 0.472 e. The number of nitrogens with two attached hydrogens (primary N) is 1. The molecule has 0 spiro atoms. The highest BCUT2D eigenvalue weighted by molar-refractivity contribution is 7.47. The Morgan fingerprint density at radius 3 is 1.73 bits per heavy atom. The van der Waals surface area contributed by atoms with E-state index in [4.69, 9.17) is 24.8 Å². The third-order valence-electron chi connectivity index (χ3n) is 8.53. The third kappa shape index (κ3) is 36.5. The van der Waals surface area contributed by atoms with Crippen molar-refractivity contribution in [2.45, 2.75) is 174 Å². The van der Waals surface area contributed by atoms with Gasteiger partial charge in [-0.05, 0) is 70.3 Å². The highest BCUT2D eigenvalue weighted by Crippen LogP contribution is 2.43. The summed E-state index contributed by atoms with van der Waals surface area (Å²) in [5, 5.41) is 8.87. The van der Waals surface area contributed by atoms with Crippen molar-refractivity contribution < 1.29 is 52.3 Å². The normalized spacial score (nSPS) is 14.2. The first-order chi connectivity index (χ1) is 26.5. The Labute approximate surface area is 331 Å². The van der Waals surface area contributed by atoms with Gasteiger partial charge in [-0.25, -0.2) is 4.57 Å². The minimum Gasteiger partial charge on any atom is -0.480 e. The van der Waals surface area contributed by atoms with Crippen molar-refractivity contribution in [1.82, 2.24) is 0 Å². The zero-order valence-corrected chi connectivity index (χ0v) is 34.6. The Balaban J connectivity index is 4.51. The number of aliphatic carboxylic acids is 1. The standard InChI is InChI=1S/C42H72NO11P/c1-3-5-7-9-11-12-13-14-15-16-17-18-20-24-29-33-41(46)54-38(35-52-55(49,50)53-36-39(43)42(47)48)34-51-40(45)32-28-25-21-23-27-31-37(44)30-26-22-19-10-8-6-4-2/h11-12,14-15,19,22,26,30,38-39H,3-10,13,16-18,20-21,23-25,27-29,31-36,43H2,1-2H3,(H,47,48)(H,49,50)/b12-11-,15-14-,22-19-,30-26+/t38-,39+/m1/s1. The average molecular weight is 798 g/mol. The summed E-state index contributed by atoms with van der Waals surface area (Å²) in [5.74, 6) is -2.41. The first kappa shape index (κ1) is 52.1. The number of rotatable bonds is 38. The van der Waals surface area contributed by atoms with Gasteiger partial charge in [0.2, 0.25) is 0 Å². The molecule has 13 heteroatoms. The number of esters is 2. The highest BCUT2D eigenvalue weighted by Gasteiger charge is 2.28. The quantitative estimate of drug-likeness (QED) is 0.0134. The van der Waals surface area contributed by atoms with Crippen molar-refractivity contribution in [1.29, 1.82) is 0 Å². The molecule has 0 heterocycles. The van der Waals surface area contributed by atoms with Crippen LogP contribution in [0.4, 0.5) is 0 Å². The van der Waals surface area contributed by atoms with Gasteiger partial charge in [0.15, 0.2) is 11.9 Å². The van der Waals surface area contributed by atoms with Gasteiger partial charge in [0.05, 0.1) is 13.2 Å². The van der Waals surface area contributed by atoms with Gasteiger partial charge in [-0.3, -0.25) is 28.2 Å². The fraction of sp³-hybridized carbons (Fsp3) is 0.714. The number of ketones is 1. The van der Waals surface area contributed by atoms with E-state index >= 15 is 0 Å². The van der Waals surface area contributed by atoms with Crippen LogP contribution in [0.1, 0.15) is 162 Å². The van der Waals surface area contributed by atoms with Gasteiger partial charge >= 0.3 is 25.7 Å². The van der Waals surface area contributed by atoms with Crippen LogP contribution < -0.4 is 5.73 Å². The second-order valence-corrected chi connectivity index (χ2v) is 15.3. The molecule has 0 fully saturated rings. The Kier molecular flexibility index (Phi) is 34.8. The van der Waals surface area contributed by atoms with Gasteiger partial charge in [0.25, 0.3) is 0 Å².